The van der Waals surface area contributed by atoms with Gasteiger partial charge < -0.3 is 5.73 Å². The molecule has 1 saturated carbocycles. The molecule has 1 aromatic heterocycles. The first-order chi connectivity index (χ1) is 8.17. The van der Waals surface area contributed by atoms with Gasteiger partial charge >= 0.3 is 0 Å². The van der Waals surface area contributed by atoms with Crippen LogP contribution in [0.1, 0.15) is 38.0 Å². The topological polar surface area (TPSA) is 29.3 Å². The molecule has 0 radical (unpaired) electrons. The second kappa shape index (κ2) is 5.51. The maximum atomic E-state index is 5.94. The van der Waals surface area contributed by atoms with Crippen molar-refractivity contribution < 1.29 is 0 Å². The van der Waals surface area contributed by atoms with Gasteiger partial charge in [-0.3, -0.25) is 4.90 Å². The van der Waals surface area contributed by atoms with Crippen LogP contribution in [0.25, 0.3) is 0 Å². The second-order valence-electron chi connectivity index (χ2n) is 5.58. The van der Waals surface area contributed by atoms with Crippen LogP contribution in [0.2, 0.25) is 0 Å². The molecule has 1 fully saturated rings. The highest BCUT2D eigenvalue weighted by molar-refractivity contribution is 7.09. The van der Waals surface area contributed by atoms with Crippen molar-refractivity contribution in [1.82, 2.24) is 4.90 Å². The molecule has 1 aromatic rings. The summed E-state index contributed by atoms with van der Waals surface area (Å²) < 4.78 is 0. The summed E-state index contributed by atoms with van der Waals surface area (Å²) in [6, 6.07) is 5.20. The number of hydrogen-bond donors (Lipinski definition) is 1. The molecule has 1 aliphatic rings. The van der Waals surface area contributed by atoms with Crippen LogP contribution in [0.3, 0.4) is 0 Å². The summed E-state index contributed by atoms with van der Waals surface area (Å²) in [4.78, 5) is 4.12. The fourth-order valence-corrected chi connectivity index (χ4v) is 2.90. The van der Waals surface area contributed by atoms with Crippen molar-refractivity contribution in [3.8, 4) is 0 Å². The van der Waals surface area contributed by atoms with Crippen LogP contribution in [0.5, 0.6) is 0 Å². The van der Waals surface area contributed by atoms with Crippen LogP contribution in [0.15, 0.2) is 17.5 Å². The minimum atomic E-state index is 0.278. The third-order valence-electron chi connectivity index (χ3n) is 3.93. The monoisotopic (exact) mass is 252 g/mol. The van der Waals surface area contributed by atoms with E-state index in [0.717, 1.165) is 32.1 Å². The molecule has 0 amide bonds. The SMILES string of the molecule is CCC(C)(CN)CN(Cc1cccs1)C1CC1. The smallest absolute Gasteiger partial charge is 0.0331 e. The van der Waals surface area contributed by atoms with Crippen LogP contribution in [-0.2, 0) is 6.54 Å². The molecule has 3 heteroatoms. The Labute approximate surface area is 109 Å². The van der Waals surface area contributed by atoms with Crippen molar-refractivity contribution in [3.63, 3.8) is 0 Å². The van der Waals surface area contributed by atoms with Crippen molar-refractivity contribution >= 4 is 11.3 Å². The maximum Gasteiger partial charge on any atom is 0.0331 e. The van der Waals surface area contributed by atoms with Crippen molar-refractivity contribution in [2.24, 2.45) is 11.1 Å². The molecule has 96 valence electrons. The zero-order valence-corrected chi connectivity index (χ0v) is 11.8. The van der Waals surface area contributed by atoms with Gasteiger partial charge in [0.2, 0.25) is 0 Å². The number of nitrogens with zero attached hydrogens (tertiary/aromatic N) is 1. The number of rotatable bonds is 7. The van der Waals surface area contributed by atoms with Crippen LogP contribution >= 0.6 is 11.3 Å². The van der Waals surface area contributed by atoms with Gasteiger partial charge in [0.05, 0.1) is 0 Å². The molecule has 0 bridgehead atoms. The molecular weight excluding hydrogens is 228 g/mol. The van der Waals surface area contributed by atoms with Gasteiger partial charge in [-0.05, 0) is 42.7 Å². The van der Waals surface area contributed by atoms with Crippen LogP contribution < -0.4 is 5.73 Å². The number of thiophene rings is 1. The van der Waals surface area contributed by atoms with Gasteiger partial charge in [-0.25, -0.2) is 0 Å². The van der Waals surface area contributed by atoms with Crippen LogP contribution in [0.4, 0.5) is 0 Å². The molecule has 17 heavy (non-hydrogen) atoms. The highest BCUT2D eigenvalue weighted by Crippen LogP contribution is 2.33. The molecule has 0 aliphatic heterocycles. The Balaban J connectivity index is 1.97. The van der Waals surface area contributed by atoms with E-state index in [9.17, 15) is 0 Å². The summed E-state index contributed by atoms with van der Waals surface area (Å²) in [7, 11) is 0. The van der Waals surface area contributed by atoms with Gasteiger partial charge in [-0.1, -0.05) is 19.9 Å². The Morgan fingerprint density at radius 3 is 2.76 bits per heavy atom. The van der Waals surface area contributed by atoms with Gasteiger partial charge in [0.1, 0.15) is 0 Å². The quantitative estimate of drug-likeness (QED) is 0.808. The predicted molar refractivity (Wildman–Crippen MR) is 75.2 cm³/mol. The molecule has 0 spiro atoms. The normalized spacial score (nSPS) is 19.5. The molecule has 2 N–H and O–H groups in total. The standard InChI is InChI=1S/C14H24N2S/c1-3-14(2,10-15)11-16(12-6-7-12)9-13-5-4-8-17-13/h4-5,8,12H,3,6-7,9-11,15H2,1-2H3. The fraction of sp³-hybridized carbons (Fsp3) is 0.714. The van der Waals surface area contributed by atoms with E-state index in [-0.39, 0.29) is 5.41 Å². The Kier molecular flexibility index (Phi) is 4.23. The van der Waals surface area contributed by atoms with Crippen molar-refractivity contribution in [2.45, 2.75) is 45.7 Å². The first-order valence-electron chi connectivity index (χ1n) is 6.63. The van der Waals surface area contributed by atoms with E-state index >= 15 is 0 Å². The van der Waals surface area contributed by atoms with Crippen molar-refractivity contribution in [3.05, 3.63) is 22.4 Å². The molecule has 2 nitrogen and oxygen atoms in total. The molecule has 1 unspecified atom stereocenters. The fourth-order valence-electron chi connectivity index (χ4n) is 2.17. The largest absolute Gasteiger partial charge is 0.330 e. The summed E-state index contributed by atoms with van der Waals surface area (Å²) in [5, 5.41) is 2.17. The third-order valence-corrected chi connectivity index (χ3v) is 4.79. The summed E-state index contributed by atoms with van der Waals surface area (Å²) in [5.74, 6) is 0. The predicted octanol–water partition coefficient (Wildman–Crippen LogP) is 3.09. The van der Waals surface area contributed by atoms with E-state index in [1.807, 2.05) is 11.3 Å². The first-order valence-corrected chi connectivity index (χ1v) is 7.51. The van der Waals surface area contributed by atoms with E-state index in [4.69, 9.17) is 5.73 Å². The second-order valence-corrected chi connectivity index (χ2v) is 6.62. The Hall–Kier alpha value is -0.380. The van der Waals surface area contributed by atoms with E-state index in [0.29, 0.717) is 0 Å². The van der Waals surface area contributed by atoms with Crippen molar-refractivity contribution in [1.29, 1.82) is 0 Å². The van der Waals surface area contributed by atoms with Gasteiger partial charge in [0.15, 0.2) is 0 Å². The molecule has 1 aliphatic carbocycles. The number of nitrogens with two attached hydrogens (primary N) is 1. The van der Waals surface area contributed by atoms with Crippen molar-refractivity contribution in [2.75, 3.05) is 13.1 Å². The van der Waals surface area contributed by atoms with E-state index in [2.05, 4.69) is 36.3 Å². The highest BCUT2D eigenvalue weighted by atomic mass is 32.1. The zero-order valence-electron chi connectivity index (χ0n) is 11.0. The number of hydrogen-bond acceptors (Lipinski definition) is 3. The van der Waals surface area contributed by atoms with E-state index in [1.165, 1.54) is 17.7 Å². The average Bonchev–Trinajstić information content (AvgIpc) is 3.07. The summed E-state index contributed by atoms with van der Waals surface area (Å²) in [5.41, 5.74) is 6.21. The molecule has 0 aromatic carbocycles. The lowest BCUT2D eigenvalue weighted by molar-refractivity contribution is 0.151. The molecule has 0 saturated heterocycles. The molecule has 1 heterocycles. The molecule has 1 atom stereocenters. The minimum Gasteiger partial charge on any atom is -0.330 e. The maximum absolute atomic E-state index is 5.94. The summed E-state index contributed by atoms with van der Waals surface area (Å²) >= 11 is 1.86. The van der Waals surface area contributed by atoms with Gasteiger partial charge in [0, 0.05) is 24.0 Å². The van der Waals surface area contributed by atoms with Gasteiger partial charge in [-0.15, -0.1) is 11.3 Å². The average molecular weight is 252 g/mol. The minimum absolute atomic E-state index is 0.278. The van der Waals surface area contributed by atoms with Crippen LogP contribution in [-0.4, -0.2) is 24.0 Å². The summed E-state index contributed by atoms with van der Waals surface area (Å²) in [6.45, 7) is 7.61. The van der Waals surface area contributed by atoms with E-state index in [1.54, 1.807) is 0 Å². The molecular formula is C14H24N2S. The third kappa shape index (κ3) is 3.54. The van der Waals surface area contributed by atoms with Crippen LogP contribution in [0, 0.1) is 5.41 Å². The lowest BCUT2D eigenvalue weighted by atomic mass is 9.87. The highest BCUT2D eigenvalue weighted by Gasteiger charge is 2.33. The summed E-state index contributed by atoms with van der Waals surface area (Å²) in [6.07, 6.45) is 3.91. The lowest BCUT2D eigenvalue weighted by Gasteiger charge is -2.34. The Bertz CT molecular complexity index is 326. The zero-order chi connectivity index (χ0) is 12.3. The first kappa shape index (κ1) is 13.1. The van der Waals surface area contributed by atoms with Gasteiger partial charge in [-0.2, -0.15) is 0 Å². The van der Waals surface area contributed by atoms with Gasteiger partial charge in [0.25, 0.3) is 0 Å². The lowest BCUT2D eigenvalue weighted by Crippen LogP contribution is -2.41. The molecule has 2 rings (SSSR count). The Morgan fingerprint density at radius 2 is 2.29 bits per heavy atom. The Morgan fingerprint density at radius 1 is 1.53 bits per heavy atom. The van der Waals surface area contributed by atoms with E-state index < -0.39 is 0 Å².